The van der Waals surface area contributed by atoms with Crippen molar-refractivity contribution in [2.75, 3.05) is 6.61 Å². The van der Waals surface area contributed by atoms with Crippen molar-refractivity contribution >= 4 is 11.9 Å². The van der Waals surface area contributed by atoms with Crippen LogP contribution < -0.4 is 0 Å². The Morgan fingerprint density at radius 2 is 1.53 bits per heavy atom. The summed E-state index contributed by atoms with van der Waals surface area (Å²) in [5, 5.41) is 20.7. The molecule has 0 aliphatic carbocycles. The number of hydrogen-bond acceptors (Lipinski definition) is 7. The van der Waals surface area contributed by atoms with Gasteiger partial charge < -0.3 is 24.4 Å². The van der Waals surface area contributed by atoms with Gasteiger partial charge in [-0.15, -0.1) is 6.42 Å². The lowest BCUT2D eigenvalue weighted by molar-refractivity contribution is -0.154. The fraction of sp³-hybridized carbons (Fsp3) is 0.304. The maximum absolute atomic E-state index is 12.5. The maximum Gasteiger partial charge on any atom is 0.338 e. The molecule has 2 N–H and O–H groups in total. The van der Waals surface area contributed by atoms with E-state index in [4.69, 9.17) is 20.6 Å². The molecular formula is C23H22O7. The van der Waals surface area contributed by atoms with Crippen LogP contribution in [0.15, 0.2) is 48.5 Å². The van der Waals surface area contributed by atoms with Crippen LogP contribution in [0.4, 0.5) is 0 Å². The van der Waals surface area contributed by atoms with Crippen molar-refractivity contribution in [3.8, 4) is 12.3 Å². The van der Waals surface area contributed by atoms with Gasteiger partial charge in [-0.05, 0) is 38.1 Å². The van der Waals surface area contributed by atoms with Crippen LogP contribution in [0.1, 0.15) is 31.8 Å². The first-order valence-corrected chi connectivity index (χ1v) is 9.29. The molecule has 3 rings (SSSR count). The lowest BCUT2D eigenvalue weighted by Gasteiger charge is -2.26. The van der Waals surface area contributed by atoms with Gasteiger partial charge in [-0.1, -0.05) is 41.3 Å². The molecule has 7 nitrogen and oxygen atoms in total. The fourth-order valence-corrected chi connectivity index (χ4v) is 3.01. The van der Waals surface area contributed by atoms with E-state index in [1.165, 1.54) is 0 Å². The first-order chi connectivity index (χ1) is 14.2. The quantitative estimate of drug-likeness (QED) is 0.572. The van der Waals surface area contributed by atoms with Crippen LogP contribution in [0.3, 0.4) is 0 Å². The standard InChI is InChI=1S/C23H22O7/c1-4-23(27)19(30-21(25)17-11-7-15(3)8-12-17)18(29-22(23)26)13-28-20(24)16-9-5-14(2)6-10-16/h1,5-12,18-19,22,26-27H,13H2,2-3H3/t18-,19-,22?,23-/m1/s1. The van der Waals surface area contributed by atoms with Gasteiger partial charge in [-0.3, -0.25) is 0 Å². The van der Waals surface area contributed by atoms with Crippen molar-refractivity contribution in [2.24, 2.45) is 0 Å². The molecule has 0 radical (unpaired) electrons. The van der Waals surface area contributed by atoms with Crippen LogP contribution in [0.5, 0.6) is 0 Å². The van der Waals surface area contributed by atoms with E-state index in [1.807, 2.05) is 19.8 Å². The number of benzene rings is 2. The molecule has 0 saturated carbocycles. The van der Waals surface area contributed by atoms with E-state index in [-0.39, 0.29) is 12.2 Å². The third-order valence-corrected chi connectivity index (χ3v) is 4.87. The lowest BCUT2D eigenvalue weighted by atomic mass is 9.96. The van der Waals surface area contributed by atoms with Gasteiger partial charge in [-0.25, -0.2) is 9.59 Å². The monoisotopic (exact) mass is 410 g/mol. The highest BCUT2D eigenvalue weighted by Gasteiger charge is 2.57. The SMILES string of the molecule is C#C[C@]1(O)C(O)O[C@H](COC(=O)c2ccc(C)cc2)[C@H]1OC(=O)c1ccc(C)cc1. The molecule has 156 valence electrons. The van der Waals surface area contributed by atoms with Crippen LogP contribution >= 0.6 is 0 Å². The molecule has 1 aliphatic rings. The third-order valence-electron chi connectivity index (χ3n) is 4.87. The Balaban J connectivity index is 1.74. The molecule has 0 aromatic heterocycles. The number of aliphatic hydroxyl groups excluding tert-OH is 1. The lowest BCUT2D eigenvalue weighted by Crippen LogP contribution is -2.50. The first-order valence-electron chi connectivity index (χ1n) is 9.29. The largest absolute Gasteiger partial charge is 0.459 e. The number of hydrogen-bond donors (Lipinski definition) is 2. The summed E-state index contributed by atoms with van der Waals surface area (Å²) < 4.78 is 15.8. The number of aliphatic hydroxyl groups is 2. The average molecular weight is 410 g/mol. The summed E-state index contributed by atoms with van der Waals surface area (Å²) >= 11 is 0. The number of carbonyl (C=O) groups excluding carboxylic acids is 2. The molecule has 1 fully saturated rings. The van der Waals surface area contributed by atoms with Crippen LogP contribution in [0.25, 0.3) is 0 Å². The molecule has 7 heteroatoms. The van der Waals surface area contributed by atoms with E-state index in [0.29, 0.717) is 5.56 Å². The first kappa shape index (κ1) is 21.5. The summed E-state index contributed by atoms with van der Waals surface area (Å²) in [6, 6.07) is 13.3. The number of ether oxygens (including phenoxy) is 3. The zero-order valence-corrected chi connectivity index (χ0v) is 16.6. The summed E-state index contributed by atoms with van der Waals surface area (Å²) in [4.78, 5) is 24.8. The van der Waals surface area contributed by atoms with E-state index >= 15 is 0 Å². The van der Waals surface area contributed by atoms with Crippen LogP contribution in [0, 0.1) is 26.2 Å². The summed E-state index contributed by atoms with van der Waals surface area (Å²) in [5.41, 5.74) is 0.195. The van der Waals surface area contributed by atoms with Gasteiger partial charge in [0.2, 0.25) is 5.60 Å². The topological polar surface area (TPSA) is 102 Å². The number of rotatable bonds is 5. The van der Waals surface area contributed by atoms with Gasteiger partial charge in [0.15, 0.2) is 12.4 Å². The van der Waals surface area contributed by atoms with Crippen LogP contribution in [-0.4, -0.2) is 52.9 Å². The highest BCUT2D eigenvalue weighted by molar-refractivity contribution is 5.90. The minimum Gasteiger partial charge on any atom is -0.459 e. The number of esters is 2. The highest BCUT2D eigenvalue weighted by Crippen LogP contribution is 2.33. The summed E-state index contributed by atoms with van der Waals surface area (Å²) in [6.45, 7) is 3.36. The molecule has 4 atom stereocenters. The Morgan fingerprint density at radius 3 is 2.03 bits per heavy atom. The molecular weight excluding hydrogens is 388 g/mol. The molecule has 2 aromatic carbocycles. The smallest absolute Gasteiger partial charge is 0.338 e. The maximum atomic E-state index is 12.5. The third kappa shape index (κ3) is 4.36. The predicted molar refractivity (Wildman–Crippen MR) is 107 cm³/mol. The van der Waals surface area contributed by atoms with Gasteiger partial charge in [0.25, 0.3) is 0 Å². The highest BCUT2D eigenvalue weighted by atomic mass is 16.7. The van der Waals surface area contributed by atoms with E-state index in [2.05, 4.69) is 0 Å². The second-order valence-electron chi connectivity index (χ2n) is 7.15. The van der Waals surface area contributed by atoms with E-state index in [9.17, 15) is 19.8 Å². The second-order valence-corrected chi connectivity index (χ2v) is 7.15. The molecule has 0 bridgehead atoms. The van der Waals surface area contributed by atoms with Crippen molar-refractivity contribution in [3.63, 3.8) is 0 Å². The van der Waals surface area contributed by atoms with Crippen molar-refractivity contribution in [1.29, 1.82) is 0 Å². The van der Waals surface area contributed by atoms with E-state index in [1.54, 1.807) is 48.5 Å². The zero-order chi connectivity index (χ0) is 21.9. The van der Waals surface area contributed by atoms with Gasteiger partial charge in [-0.2, -0.15) is 0 Å². The number of carbonyl (C=O) groups is 2. The molecule has 0 spiro atoms. The Morgan fingerprint density at radius 1 is 1.03 bits per heavy atom. The normalized spacial score (nSPS) is 25.4. The molecule has 1 heterocycles. The van der Waals surface area contributed by atoms with Gasteiger partial charge in [0, 0.05) is 0 Å². The van der Waals surface area contributed by atoms with E-state index in [0.717, 1.165) is 11.1 Å². The van der Waals surface area contributed by atoms with Crippen molar-refractivity contribution in [2.45, 2.75) is 37.9 Å². The van der Waals surface area contributed by atoms with Gasteiger partial charge in [0.1, 0.15) is 12.7 Å². The molecule has 30 heavy (non-hydrogen) atoms. The van der Waals surface area contributed by atoms with Gasteiger partial charge in [0.05, 0.1) is 11.1 Å². The summed E-state index contributed by atoms with van der Waals surface area (Å²) in [6.07, 6.45) is 0.940. The predicted octanol–water partition coefficient (Wildman–Crippen LogP) is 1.77. The molecule has 1 aliphatic heterocycles. The minimum absolute atomic E-state index is 0.233. The molecule has 2 aromatic rings. The number of aryl methyl sites for hydroxylation is 2. The Bertz CT molecular complexity index is 959. The Kier molecular flexibility index (Phi) is 6.22. The zero-order valence-electron chi connectivity index (χ0n) is 16.6. The molecule has 1 saturated heterocycles. The summed E-state index contributed by atoms with van der Waals surface area (Å²) in [7, 11) is 0. The average Bonchev–Trinajstić information content (AvgIpc) is 2.97. The second kappa shape index (κ2) is 8.67. The van der Waals surface area contributed by atoms with Crippen molar-refractivity contribution in [3.05, 3.63) is 70.8 Å². The fourth-order valence-electron chi connectivity index (χ4n) is 3.01. The van der Waals surface area contributed by atoms with Crippen molar-refractivity contribution < 1.29 is 34.0 Å². The number of terminal acetylenes is 1. The summed E-state index contributed by atoms with van der Waals surface area (Å²) in [5.74, 6) is 0.630. The van der Waals surface area contributed by atoms with Crippen LogP contribution in [0.2, 0.25) is 0 Å². The van der Waals surface area contributed by atoms with Crippen LogP contribution in [-0.2, 0) is 14.2 Å². The molecule has 0 amide bonds. The van der Waals surface area contributed by atoms with Crippen molar-refractivity contribution in [1.82, 2.24) is 0 Å². The van der Waals surface area contributed by atoms with Gasteiger partial charge >= 0.3 is 11.9 Å². The Labute approximate surface area is 174 Å². The minimum atomic E-state index is -2.29. The Hall–Kier alpha value is -3.18. The molecule has 1 unspecified atom stereocenters. The van der Waals surface area contributed by atoms with E-state index < -0.39 is 36.0 Å².